The van der Waals surface area contributed by atoms with Gasteiger partial charge in [0.05, 0.1) is 6.42 Å². The van der Waals surface area contributed by atoms with Gasteiger partial charge >= 0.3 is 11.9 Å². The van der Waals surface area contributed by atoms with Crippen LogP contribution in [0.5, 0.6) is 5.75 Å². The molecular formula is C20H18N2O8. The third-order valence-corrected chi connectivity index (χ3v) is 3.95. The Morgan fingerprint density at radius 3 is 2.47 bits per heavy atom. The first kappa shape index (κ1) is 22.1. The summed E-state index contributed by atoms with van der Waals surface area (Å²) in [7, 11) is 0. The molecular weight excluding hydrogens is 396 g/mol. The molecule has 1 aromatic carbocycles. The topological polar surface area (TPSA) is 174 Å². The van der Waals surface area contributed by atoms with Gasteiger partial charge in [-0.25, -0.2) is 4.79 Å². The number of aromatic hydroxyl groups is 1. The van der Waals surface area contributed by atoms with Gasteiger partial charge in [-0.3, -0.25) is 19.2 Å². The Bertz CT molecular complexity index is 1100. The smallest absolute Gasteiger partial charge is 0.326 e. The fraction of sp³-hybridized carbons (Fsp3) is 0.150. The van der Waals surface area contributed by atoms with Gasteiger partial charge in [-0.15, -0.1) is 0 Å². The van der Waals surface area contributed by atoms with Crippen LogP contribution in [-0.4, -0.2) is 50.0 Å². The normalized spacial score (nSPS) is 11.8. The van der Waals surface area contributed by atoms with Gasteiger partial charge in [0.25, 0.3) is 11.5 Å². The highest BCUT2D eigenvalue weighted by molar-refractivity contribution is 6.08. The van der Waals surface area contributed by atoms with E-state index in [1.165, 1.54) is 30.3 Å². The minimum atomic E-state index is -1.60. The number of aromatic nitrogens is 1. The van der Waals surface area contributed by atoms with Crippen LogP contribution in [0.1, 0.15) is 38.4 Å². The van der Waals surface area contributed by atoms with E-state index in [-0.39, 0.29) is 5.56 Å². The van der Waals surface area contributed by atoms with Gasteiger partial charge in [0.2, 0.25) is 0 Å². The summed E-state index contributed by atoms with van der Waals surface area (Å²) in [6, 6.07) is 5.38. The summed E-state index contributed by atoms with van der Waals surface area (Å²) in [5, 5.41) is 29.7. The van der Waals surface area contributed by atoms with Gasteiger partial charge in [-0.1, -0.05) is 18.2 Å². The minimum absolute atomic E-state index is 0.0391. The molecule has 0 aliphatic rings. The molecule has 1 amide bonds. The number of carbonyl (C=O) groups excluding carboxylic acids is 2. The summed E-state index contributed by atoms with van der Waals surface area (Å²) < 4.78 is 0. The lowest BCUT2D eigenvalue weighted by Gasteiger charge is -2.12. The molecule has 156 valence electrons. The highest BCUT2D eigenvalue weighted by Crippen LogP contribution is 2.15. The third kappa shape index (κ3) is 5.64. The molecule has 1 unspecified atom stereocenters. The van der Waals surface area contributed by atoms with Crippen molar-refractivity contribution in [2.24, 2.45) is 0 Å². The van der Waals surface area contributed by atoms with E-state index in [0.717, 1.165) is 6.08 Å². The molecule has 5 N–H and O–H groups in total. The number of aryl methyl sites for hydroxylation is 1. The lowest BCUT2D eigenvalue weighted by Crippen LogP contribution is -2.42. The Morgan fingerprint density at radius 2 is 1.87 bits per heavy atom. The number of benzene rings is 1. The number of H-pyrrole nitrogens is 1. The summed E-state index contributed by atoms with van der Waals surface area (Å²) in [6.07, 6.45) is 1.56. The first-order valence-electron chi connectivity index (χ1n) is 8.59. The molecule has 2 aromatic rings. The summed E-state index contributed by atoms with van der Waals surface area (Å²) in [4.78, 5) is 60.6. The van der Waals surface area contributed by atoms with Crippen molar-refractivity contribution in [1.82, 2.24) is 10.3 Å². The van der Waals surface area contributed by atoms with Crippen LogP contribution in [0, 0.1) is 6.92 Å². The number of carbonyl (C=O) groups is 4. The van der Waals surface area contributed by atoms with Crippen LogP contribution >= 0.6 is 0 Å². The number of aliphatic carboxylic acids is 2. The Hall–Kier alpha value is -4.21. The molecule has 10 nitrogen and oxygen atoms in total. The second-order valence-electron chi connectivity index (χ2n) is 6.33. The largest absolute Gasteiger partial charge is 0.507 e. The number of allylic oxidation sites excluding steroid dienone is 1. The Balaban J connectivity index is 2.20. The van der Waals surface area contributed by atoms with Crippen molar-refractivity contribution in [2.45, 2.75) is 19.4 Å². The number of amides is 1. The van der Waals surface area contributed by atoms with E-state index in [0.29, 0.717) is 11.3 Å². The van der Waals surface area contributed by atoms with Gasteiger partial charge in [-0.2, -0.15) is 0 Å². The molecule has 0 bridgehead atoms. The first-order valence-corrected chi connectivity index (χ1v) is 8.59. The molecule has 0 aliphatic heterocycles. The number of nitrogens with one attached hydrogen (secondary N) is 2. The number of ketones is 1. The van der Waals surface area contributed by atoms with Crippen LogP contribution in [0.25, 0.3) is 6.08 Å². The van der Waals surface area contributed by atoms with Gasteiger partial charge < -0.3 is 25.6 Å². The zero-order chi connectivity index (χ0) is 22.4. The molecule has 0 spiro atoms. The predicted octanol–water partition coefficient (Wildman–Crippen LogP) is 0.943. The number of hydrogen-bond acceptors (Lipinski definition) is 6. The molecule has 1 heterocycles. The van der Waals surface area contributed by atoms with Crippen LogP contribution < -0.4 is 10.9 Å². The maximum atomic E-state index is 12.2. The number of aromatic amines is 1. The predicted molar refractivity (Wildman–Crippen MR) is 104 cm³/mol. The summed E-state index contributed by atoms with van der Waals surface area (Å²) >= 11 is 0. The quantitative estimate of drug-likeness (QED) is 0.313. The van der Waals surface area contributed by atoms with Crippen LogP contribution in [0.3, 0.4) is 0 Å². The lowest BCUT2D eigenvalue weighted by molar-refractivity contribution is -0.145. The van der Waals surface area contributed by atoms with Crippen molar-refractivity contribution in [3.8, 4) is 5.75 Å². The van der Waals surface area contributed by atoms with Crippen molar-refractivity contribution in [1.29, 1.82) is 0 Å². The number of hydrogen-bond donors (Lipinski definition) is 5. The van der Waals surface area contributed by atoms with E-state index in [1.807, 2.05) is 0 Å². The van der Waals surface area contributed by atoms with Gasteiger partial charge in [0.1, 0.15) is 17.4 Å². The zero-order valence-corrected chi connectivity index (χ0v) is 15.7. The van der Waals surface area contributed by atoms with Crippen LogP contribution in [-0.2, 0) is 9.59 Å². The maximum Gasteiger partial charge on any atom is 0.326 e. The van der Waals surface area contributed by atoms with E-state index in [9.17, 15) is 29.1 Å². The highest BCUT2D eigenvalue weighted by atomic mass is 16.4. The molecule has 1 aromatic heterocycles. The molecule has 0 saturated heterocycles. The van der Waals surface area contributed by atoms with Gasteiger partial charge in [0.15, 0.2) is 5.78 Å². The van der Waals surface area contributed by atoms with Crippen LogP contribution in [0.15, 0.2) is 41.2 Å². The summed E-state index contributed by atoms with van der Waals surface area (Å²) in [5.41, 5.74) is -0.363. The molecule has 30 heavy (non-hydrogen) atoms. The van der Waals surface area contributed by atoms with Crippen molar-refractivity contribution >= 4 is 29.7 Å². The molecule has 0 aliphatic carbocycles. The SMILES string of the molecule is Cc1cc(O)c(C(=O)C=Cc2cccc(C(=O)NC(CC(=O)O)C(=O)O)c2)c(=O)[nH]1. The second kappa shape index (κ2) is 9.32. The molecule has 10 heteroatoms. The van der Waals surface area contributed by atoms with Gasteiger partial charge in [-0.05, 0) is 36.8 Å². The van der Waals surface area contributed by atoms with E-state index < -0.39 is 53.0 Å². The third-order valence-electron chi connectivity index (χ3n) is 3.95. The van der Waals surface area contributed by atoms with Crippen molar-refractivity contribution in [3.63, 3.8) is 0 Å². The van der Waals surface area contributed by atoms with Gasteiger partial charge in [0, 0.05) is 11.3 Å². The average molecular weight is 414 g/mol. The monoisotopic (exact) mass is 414 g/mol. The average Bonchev–Trinajstić information content (AvgIpc) is 2.64. The van der Waals surface area contributed by atoms with Crippen LogP contribution in [0.4, 0.5) is 0 Å². The van der Waals surface area contributed by atoms with Crippen molar-refractivity contribution < 1.29 is 34.5 Å². The van der Waals surface area contributed by atoms with E-state index in [2.05, 4.69) is 10.3 Å². The van der Waals surface area contributed by atoms with Crippen molar-refractivity contribution in [3.05, 3.63) is 69.1 Å². The van der Waals surface area contributed by atoms with Crippen LogP contribution in [0.2, 0.25) is 0 Å². The second-order valence-corrected chi connectivity index (χ2v) is 6.33. The first-order chi connectivity index (χ1) is 14.1. The van der Waals surface area contributed by atoms with Crippen molar-refractivity contribution in [2.75, 3.05) is 0 Å². The fourth-order valence-electron chi connectivity index (χ4n) is 2.56. The number of carboxylic acid groups (broad SMARTS) is 2. The minimum Gasteiger partial charge on any atom is -0.507 e. The Labute approximate surface area is 169 Å². The maximum absolute atomic E-state index is 12.2. The molecule has 0 fully saturated rings. The lowest BCUT2D eigenvalue weighted by atomic mass is 10.1. The number of rotatable bonds is 8. The number of pyridine rings is 1. The standard InChI is InChI=1S/C20H18N2O8/c1-10-7-15(24)17(19(28)21-10)14(23)6-5-11-3-2-4-12(8-11)18(27)22-13(20(29)30)9-16(25)26/h2-8,13H,9H2,1H3,(H,22,27)(H,25,26)(H,29,30)(H2,21,24,28). The number of carboxylic acids is 2. The summed E-state index contributed by atoms with van der Waals surface area (Å²) in [6.45, 7) is 1.55. The molecule has 2 rings (SSSR count). The highest BCUT2D eigenvalue weighted by Gasteiger charge is 2.23. The molecule has 0 radical (unpaired) electrons. The zero-order valence-electron chi connectivity index (χ0n) is 15.7. The molecule has 0 saturated carbocycles. The van der Waals surface area contributed by atoms with E-state index in [4.69, 9.17) is 10.2 Å². The molecule has 1 atom stereocenters. The fourth-order valence-corrected chi connectivity index (χ4v) is 2.56. The Morgan fingerprint density at radius 1 is 1.17 bits per heavy atom. The Kier molecular flexibility index (Phi) is 6.86. The van der Waals surface area contributed by atoms with E-state index in [1.54, 1.807) is 13.0 Å². The van der Waals surface area contributed by atoms with E-state index >= 15 is 0 Å². The summed E-state index contributed by atoms with van der Waals surface area (Å²) in [5.74, 6) is -4.89.